The second-order valence-corrected chi connectivity index (χ2v) is 5.58. The Balaban J connectivity index is 1.72. The van der Waals surface area contributed by atoms with E-state index in [9.17, 15) is 4.79 Å². The molecular weight excluding hydrogens is 348 g/mol. The van der Waals surface area contributed by atoms with Crippen LogP contribution in [-0.2, 0) is 11.3 Å². The van der Waals surface area contributed by atoms with Gasteiger partial charge in [-0.05, 0) is 30.3 Å². The normalized spacial score (nSPS) is 10.3. The van der Waals surface area contributed by atoms with Crippen LogP contribution in [0.25, 0.3) is 5.69 Å². The summed E-state index contributed by atoms with van der Waals surface area (Å²) < 4.78 is 22.9. The summed E-state index contributed by atoms with van der Waals surface area (Å²) >= 11 is 0. The van der Waals surface area contributed by atoms with Gasteiger partial charge in [-0.15, -0.1) is 0 Å². The van der Waals surface area contributed by atoms with Crippen LogP contribution in [0, 0.1) is 0 Å². The number of hydrogen-bond donors (Lipinski definition) is 0. The van der Waals surface area contributed by atoms with E-state index in [1.54, 1.807) is 22.9 Å². The average molecular weight is 368 g/mol. The van der Waals surface area contributed by atoms with Crippen molar-refractivity contribution >= 4 is 5.97 Å². The van der Waals surface area contributed by atoms with Crippen molar-refractivity contribution in [1.82, 2.24) is 9.78 Å². The molecule has 3 rings (SSSR count). The molecule has 0 saturated heterocycles. The molecule has 0 N–H and O–H groups in total. The Hall–Kier alpha value is -3.48. The molecule has 140 valence electrons. The first-order valence-corrected chi connectivity index (χ1v) is 8.23. The first-order valence-electron chi connectivity index (χ1n) is 8.23. The highest BCUT2D eigenvalue weighted by Crippen LogP contribution is 2.38. The van der Waals surface area contributed by atoms with E-state index in [1.165, 1.54) is 21.3 Å². The number of carbonyl (C=O) groups is 1. The monoisotopic (exact) mass is 368 g/mol. The predicted octanol–water partition coefficient (Wildman–Crippen LogP) is 3.26. The van der Waals surface area contributed by atoms with Gasteiger partial charge in [0.2, 0.25) is 5.75 Å². The summed E-state index contributed by atoms with van der Waals surface area (Å²) in [4.78, 5) is 12.4. The Morgan fingerprint density at radius 1 is 0.963 bits per heavy atom. The van der Waals surface area contributed by atoms with Crippen molar-refractivity contribution in [2.75, 3.05) is 21.3 Å². The zero-order chi connectivity index (χ0) is 19.2. The van der Waals surface area contributed by atoms with Gasteiger partial charge in [0.05, 0.1) is 32.6 Å². The van der Waals surface area contributed by atoms with Crippen LogP contribution in [0.3, 0.4) is 0 Å². The van der Waals surface area contributed by atoms with Crippen LogP contribution in [0.5, 0.6) is 17.2 Å². The molecule has 0 radical (unpaired) electrons. The van der Waals surface area contributed by atoms with Gasteiger partial charge in [0.15, 0.2) is 11.5 Å². The second kappa shape index (κ2) is 8.27. The molecule has 1 aromatic heterocycles. The molecule has 0 bridgehead atoms. The number of benzene rings is 2. The van der Waals surface area contributed by atoms with Crippen LogP contribution >= 0.6 is 0 Å². The van der Waals surface area contributed by atoms with Gasteiger partial charge >= 0.3 is 5.97 Å². The minimum Gasteiger partial charge on any atom is -0.493 e. The van der Waals surface area contributed by atoms with E-state index in [2.05, 4.69) is 5.10 Å². The molecule has 0 atom stereocenters. The maximum atomic E-state index is 12.4. The molecule has 7 nitrogen and oxygen atoms in total. The van der Waals surface area contributed by atoms with Gasteiger partial charge in [-0.2, -0.15) is 5.10 Å². The number of aromatic nitrogens is 2. The highest BCUT2D eigenvalue weighted by atomic mass is 16.5. The SMILES string of the molecule is COc1cc(C(=O)OCc2ccn(-c3ccccc3)n2)cc(OC)c1OC. The summed E-state index contributed by atoms with van der Waals surface area (Å²) in [6.45, 7) is 0.0509. The second-order valence-electron chi connectivity index (χ2n) is 5.58. The van der Waals surface area contributed by atoms with Crippen LogP contribution in [0.2, 0.25) is 0 Å². The first kappa shape index (κ1) is 18.3. The molecule has 2 aromatic carbocycles. The summed E-state index contributed by atoms with van der Waals surface area (Å²) in [6, 6.07) is 14.6. The lowest BCUT2D eigenvalue weighted by molar-refractivity contribution is 0.0466. The molecule has 0 saturated carbocycles. The standard InChI is InChI=1S/C20H20N2O5/c1-24-17-11-14(12-18(25-2)19(17)26-3)20(23)27-13-15-9-10-22(21-15)16-7-5-4-6-8-16/h4-12H,13H2,1-3H3. The molecule has 0 spiro atoms. The van der Waals surface area contributed by atoms with E-state index < -0.39 is 5.97 Å². The minimum atomic E-state index is -0.511. The van der Waals surface area contributed by atoms with Crippen LogP contribution in [0.1, 0.15) is 16.1 Å². The van der Waals surface area contributed by atoms with E-state index in [4.69, 9.17) is 18.9 Å². The Labute approximate surface area is 157 Å². The van der Waals surface area contributed by atoms with Gasteiger partial charge in [0.1, 0.15) is 12.3 Å². The minimum absolute atomic E-state index is 0.0509. The molecule has 0 aliphatic carbocycles. The lowest BCUT2D eigenvalue weighted by Gasteiger charge is -2.13. The molecule has 0 aliphatic heterocycles. The van der Waals surface area contributed by atoms with E-state index in [0.717, 1.165) is 5.69 Å². The molecule has 0 aliphatic rings. The van der Waals surface area contributed by atoms with Crippen molar-refractivity contribution in [1.29, 1.82) is 0 Å². The summed E-state index contributed by atoms with van der Waals surface area (Å²) in [6.07, 6.45) is 1.82. The van der Waals surface area contributed by atoms with Gasteiger partial charge in [-0.3, -0.25) is 0 Å². The van der Waals surface area contributed by atoms with Crippen molar-refractivity contribution in [3.63, 3.8) is 0 Å². The van der Waals surface area contributed by atoms with Crippen molar-refractivity contribution in [2.45, 2.75) is 6.61 Å². The largest absolute Gasteiger partial charge is 0.493 e. The van der Waals surface area contributed by atoms with Gasteiger partial charge in [-0.1, -0.05) is 18.2 Å². The fourth-order valence-corrected chi connectivity index (χ4v) is 2.58. The molecule has 0 fully saturated rings. The molecule has 0 unspecified atom stereocenters. The molecule has 27 heavy (non-hydrogen) atoms. The fraction of sp³-hybridized carbons (Fsp3) is 0.200. The highest BCUT2D eigenvalue weighted by molar-refractivity contribution is 5.91. The third-order valence-electron chi connectivity index (χ3n) is 3.92. The van der Waals surface area contributed by atoms with Crippen LogP contribution in [0.4, 0.5) is 0 Å². The third-order valence-corrected chi connectivity index (χ3v) is 3.92. The molecule has 0 amide bonds. The number of hydrogen-bond acceptors (Lipinski definition) is 6. The van der Waals surface area contributed by atoms with Crippen molar-refractivity contribution in [2.24, 2.45) is 0 Å². The number of nitrogens with zero attached hydrogens (tertiary/aromatic N) is 2. The maximum absolute atomic E-state index is 12.4. The summed E-state index contributed by atoms with van der Waals surface area (Å²) in [7, 11) is 4.48. The highest BCUT2D eigenvalue weighted by Gasteiger charge is 2.18. The van der Waals surface area contributed by atoms with Gasteiger partial charge in [-0.25, -0.2) is 9.48 Å². The Kier molecular flexibility index (Phi) is 5.61. The Morgan fingerprint density at radius 3 is 2.22 bits per heavy atom. The van der Waals surface area contributed by atoms with E-state index in [-0.39, 0.29) is 6.61 Å². The third kappa shape index (κ3) is 4.03. The number of esters is 1. The molecule has 1 heterocycles. The Bertz CT molecular complexity index is 896. The zero-order valence-electron chi connectivity index (χ0n) is 15.3. The maximum Gasteiger partial charge on any atom is 0.338 e. The molecular formula is C20H20N2O5. The van der Waals surface area contributed by atoms with Gasteiger partial charge in [0.25, 0.3) is 0 Å². The predicted molar refractivity (Wildman–Crippen MR) is 98.8 cm³/mol. The van der Waals surface area contributed by atoms with Crippen LogP contribution in [0.15, 0.2) is 54.7 Å². The van der Waals surface area contributed by atoms with Gasteiger partial charge in [0, 0.05) is 6.20 Å². The topological polar surface area (TPSA) is 71.8 Å². The summed E-state index contributed by atoms with van der Waals surface area (Å²) in [5.74, 6) is 0.677. The summed E-state index contributed by atoms with van der Waals surface area (Å²) in [5, 5.41) is 4.41. The molecule has 7 heteroatoms. The lowest BCUT2D eigenvalue weighted by atomic mass is 10.2. The number of carbonyl (C=O) groups excluding carboxylic acids is 1. The number of ether oxygens (including phenoxy) is 4. The molecule has 3 aromatic rings. The zero-order valence-corrected chi connectivity index (χ0v) is 15.3. The van der Waals surface area contributed by atoms with Crippen molar-refractivity contribution in [3.8, 4) is 22.9 Å². The summed E-state index contributed by atoms with van der Waals surface area (Å²) in [5.41, 5.74) is 1.87. The lowest BCUT2D eigenvalue weighted by Crippen LogP contribution is -2.07. The van der Waals surface area contributed by atoms with Crippen LogP contribution < -0.4 is 14.2 Å². The van der Waals surface area contributed by atoms with E-state index in [0.29, 0.717) is 28.5 Å². The average Bonchev–Trinajstić information content (AvgIpc) is 3.20. The van der Waals surface area contributed by atoms with E-state index in [1.807, 2.05) is 36.5 Å². The first-order chi connectivity index (χ1) is 13.2. The number of rotatable bonds is 7. The quantitative estimate of drug-likeness (QED) is 0.596. The fourth-order valence-electron chi connectivity index (χ4n) is 2.58. The van der Waals surface area contributed by atoms with Gasteiger partial charge < -0.3 is 18.9 Å². The Morgan fingerprint density at radius 2 is 1.63 bits per heavy atom. The van der Waals surface area contributed by atoms with Crippen LogP contribution in [-0.4, -0.2) is 37.1 Å². The van der Waals surface area contributed by atoms with Crippen molar-refractivity contribution < 1.29 is 23.7 Å². The number of methoxy groups -OCH3 is 3. The van der Waals surface area contributed by atoms with E-state index >= 15 is 0 Å². The smallest absolute Gasteiger partial charge is 0.338 e. The number of para-hydroxylation sites is 1. The van der Waals surface area contributed by atoms with Crippen molar-refractivity contribution in [3.05, 3.63) is 66.0 Å².